The summed E-state index contributed by atoms with van der Waals surface area (Å²) < 4.78 is 0. The normalized spacial score (nSPS) is 14.5. The van der Waals surface area contributed by atoms with E-state index in [2.05, 4.69) is 17.2 Å². The Morgan fingerprint density at radius 1 is 1.12 bits per heavy atom. The second-order valence-corrected chi connectivity index (χ2v) is 6.88. The first-order valence-corrected chi connectivity index (χ1v) is 9.26. The summed E-state index contributed by atoms with van der Waals surface area (Å²) in [6.07, 6.45) is 1.41. The maximum atomic E-state index is 12.3. The van der Waals surface area contributed by atoms with Crippen LogP contribution in [0.15, 0.2) is 47.8 Å². The lowest BCUT2D eigenvalue weighted by atomic mass is 9.96. The molecule has 1 aromatic heterocycles. The van der Waals surface area contributed by atoms with E-state index < -0.39 is 0 Å². The van der Waals surface area contributed by atoms with Gasteiger partial charge in [-0.15, -0.1) is 11.3 Å². The average molecular weight is 352 g/mol. The van der Waals surface area contributed by atoms with Crippen LogP contribution in [0, 0.1) is 17.8 Å². The van der Waals surface area contributed by atoms with E-state index in [0.29, 0.717) is 32.5 Å². The van der Waals surface area contributed by atoms with Crippen LogP contribution in [0.1, 0.15) is 28.1 Å². The number of carbonyl (C=O) groups excluding carboxylic acids is 2. The van der Waals surface area contributed by atoms with Crippen LogP contribution < -0.4 is 5.32 Å². The highest BCUT2D eigenvalue weighted by Crippen LogP contribution is 2.20. The van der Waals surface area contributed by atoms with Gasteiger partial charge in [0.1, 0.15) is 0 Å². The maximum absolute atomic E-state index is 12.3. The fraction of sp³-hybridized carbons (Fsp3) is 0.300. The predicted octanol–water partition coefficient (Wildman–Crippen LogP) is 2.77. The highest BCUT2D eigenvalue weighted by atomic mass is 32.1. The van der Waals surface area contributed by atoms with E-state index in [-0.39, 0.29) is 17.7 Å². The number of rotatable bonds is 3. The number of hydrogen-bond donors (Lipinski definition) is 1. The molecule has 2 heterocycles. The van der Waals surface area contributed by atoms with E-state index in [1.54, 1.807) is 0 Å². The summed E-state index contributed by atoms with van der Waals surface area (Å²) in [5, 5.41) is 4.79. The Labute approximate surface area is 151 Å². The van der Waals surface area contributed by atoms with Crippen LogP contribution >= 0.6 is 11.3 Å². The summed E-state index contributed by atoms with van der Waals surface area (Å²) in [5.41, 5.74) is 0.942. The van der Waals surface area contributed by atoms with E-state index in [9.17, 15) is 9.59 Å². The fourth-order valence-electron chi connectivity index (χ4n) is 2.84. The van der Waals surface area contributed by atoms with Gasteiger partial charge in [0.15, 0.2) is 0 Å². The Hall–Kier alpha value is -2.58. The molecule has 0 spiro atoms. The minimum Gasteiger partial charge on any atom is -0.345 e. The highest BCUT2D eigenvalue weighted by molar-refractivity contribution is 7.12. The largest absolute Gasteiger partial charge is 0.345 e. The molecule has 0 aliphatic carbocycles. The van der Waals surface area contributed by atoms with Crippen molar-refractivity contribution in [3.05, 3.63) is 58.3 Å². The third kappa shape index (κ3) is 4.71. The zero-order valence-electron chi connectivity index (χ0n) is 13.9. The number of nitrogens with one attached hydrogen (secondary N) is 1. The fourth-order valence-corrected chi connectivity index (χ4v) is 3.54. The van der Waals surface area contributed by atoms with E-state index in [1.165, 1.54) is 11.3 Å². The molecule has 2 aromatic rings. The number of carbonyl (C=O) groups is 2. The first-order chi connectivity index (χ1) is 12.2. The van der Waals surface area contributed by atoms with Crippen LogP contribution in [0.25, 0.3) is 0 Å². The molecule has 2 amide bonds. The number of amides is 2. The summed E-state index contributed by atoms with van der Waals surface area (Å²) in [6.45, 7) is 1.61. The van der Waals surface area contributed by atoms with Gasteiger partial charge in [0.25, 0.3) is 5.91 Å². The Morgan fingerprint density at radius 3 is 2.56 bits per heavy atom. The van der Waals surface area contributed by atoms with Gasteiger partial charge in [0, 0.05) is 24.6 Å². The van der Waals surface area contributed by atoms with Crippen LogP contribution in [0.3, 0.4) is 0 Å². The van der Waals surface area contributed by atoms with Gasteiger partial charge in [-0.2, -0.15) is 0 Å². The van der Waals surface area contributed by atoms with Crippen molar-refractivity contribution in [2.24, 2.45) is 5.92 Å². The Morgan fingerprint density at radius 2 is 1.88 bits per heavy atom. The molecule has 1 N–H and O–H groups in total. The summed E-state index contributed by atoms with van der Waals surface area (Å²) in [4.78, 5) is 27.1. The monoisotopic (exact) mass is 352 g/mol. The van der Waals surface area contributed by atoms with Gasteiger partial charge in [-0.3, -0.25) is 9.59 Å². The number of nitrogens with zero attached hydrogens (tertiary/aromatic N) is 1. The molecule has 0 saturated carbocycles. The summed E-state index contributed by atoms with van der Waals surface area (Å²) in [7, 11) is 0. The van der Waals surface area contributed by atoms with Gasteiger partial charge >= 0.3 is 0 Å². The molecule has 1 saturated heterocycles. The molecule has 0 atom stereocenters. The van der Waals surface area contributed by atoms with Crippen molar-refractivity contribution in [1.29, 1.82) is 0 Å². The minimum absolute atomic E-state index is 0.0329. The highest BCUT2D eigenvalue weighted by Gasteiger charge is 2.27. The van der Waals surface area contributed by atoms with Crippen molar-refractivity contribution in [1.82, 2.24) is 10.2 Å². The first kappa shape index (κ1) is 17.2. The molecule has 25 heavy (non-hydrogen) atoms. The van der Waals surface area contributed by atoms with Crippen LogP contribution in [0.4, 0.5) is 0 Å². The molecule has 128 valence electrons. The van der Waals surface area contributed by atoms with E-state index in [1.807, 2.05) is 52.7 Å². The van der Waals surface area contributed by atoms with Crippen LogP contribution in [0.2, 0.25) is 0 Å². The van der Waals surface area contributed by atoms with Crippen molar-refractivity contribution >= 4 is 23.2 Å². The zero-order valence-corrected chi connectivity index (χ0v) is 14.7. The molecule has 1 aliphatic rings. The van der Waals surface area contributed by atoms with Crippen LogP contribution in [-0.4, -0.2) is 36.3 Å². The lowest BCUT2D eigenvalue weighted by molar-refractivity contribution is -0.126. The third-order valence-electron chi connectivity index (χ3n) is 4.24. The quantitative estimate of drug-likeness (QED) is 0.864. The van der Waals surface area contributed by atoms with Crippen LogP contribution in [0.5, 0.6) is 0 Å². The van der Waals surface area contributed by atoms with Gasteiger partial charge in [-0.25, -0.2) is 0 Å². The number of benzene rings is 1. The Balaban J connectivity index is 1.43. The molecular formula is C20H20N2O2S. The third-order valence-corrected chi connectivity index (χ3v) is 5.10. The zero-order chi connectivity index (χ0) is 17.5. The Bertz CT molecular complexity index is 767. The second-order valence-electron chi connectivity index (χ2n) is 5.93. The number of likely N-dealkylation sites (tertiary alicyclic amines) is 1. The summed E-state index contributed by atoms with van der Waals surface area (Å²) in [5.74, 6) is 6.06. The summed E-state index contributed by atoms with van der Waals surface area (Å²) >= 11 is 1.46. The second kappa shape index (κ2) is 8.50. The van der Waals surface area contributed by atoms with Gasteiger partial charge in [0.05, 0.1) is 11.4 Å². The molecule has 1 fully saturated rings. The first-order valence-electron chi connectivity index (χ1n) is 8.38. The SMILES string of the molecule is O=C(NCC#Cc1ccccc1)C1CCN(C(=O)c2cccs2)CC1. The standard InChI is InChI=1S/C20H20N2O2S/c23-19(21-12-4-8-16-6-2-1-3-7-16)17-10-13-22(14-11-17)20(24)18-9-5-15-25-18/h1-3,5-7,9,15,17H,10-14H2,(H,21,23). The molecule has 1 aliphatic heterocycles. The van der Waals surface area contributed by atoms with Crippen molar-refractivity contribution in [3.8, 4) is 11.8 Å². The molecule has 3 rings (SSSR count). The van der Waals surface area contributed by atoms with E-state index in [4.69, 9.17) is 0 Å². The van der Waals surface area contributed by atoms with E-state index >= 15 is 0 Å². The predicted molar refractivity (Wildman–Crippen MR) is 99.3 cm³/mol. The van der Waals surface area contributed by atoms with Gasteiger partial charge in [0.2, 0.25) is 5.91 Å². The van der Waals surface area contributed by atoms with Gasteiger partial charge in [-0.05, 0) is 36.4 Å². The lowest BCUT2D eigenvalue weighted by Crippen LogP contribution is -2.42. The van der Waals surface area contributed by atoms with Crippen molar-refractivity contribution in [3.63, 3.8) is 0 Å². The maximum Gasteiger partial charge on any atom is 0.263 e. The van der Waals surface area contributed by atoms with Crippen molar-refractivity contribution < 1.29 is 9.59 Å². The summed E-state index contributed by atoms with van der Waals surface area (Å²) in [6, 6.07) is 13.4. The van der Waals surface area contributed by atoms with Gasteiger partial charge < -0.3 is 10.2 Å². The van der Waals surface area contributed by atoms with Gasteiger partial charge in [-0.1, -0.05) is 36.1 Å². The molecule has 4 nitrogen and oxygen atoms in total. The van der Waals surface area contributed by atoms with Crippen molar-refractivity contribution in [2.45, 2.75) is 12.8 Å². The molecule has 0 bridgehead atoms. The number of piperidine rings is 1. The topological polar surface area (TPSA) is 49.4 Å². The smallest absolute Gasteiger partial charge is 0.263 e. The molecule has 5 heteroatoms. The van der Waals surface area contributed by atoms with Crippen molar-refractivity contribution in [2.75, 3.05) is 19.6 Å². The number of hydrogen-bond acceptors (Lipinski definition) is 3. The van der Waals surface area contributed by atoms with Crippen LogP contribution in [-0.2, 0) is 4.79 Å². The molecule has 1 aromatic carbocycles. The minimum atomic E-state index is -0.0362. The molecule has 0 unspecified atom stereocenters. The number of thiophene rings is 1. The van der Waals surface area contributed by atoms with E-state index in [0.717, 1.165) is 10.4 Å². The average Bonchev–Trinajstić information content (AvgIpc) is 3.20. The Kier molecular flexibility index (Phi) is 5.86. The molecular weight excluding hydrogens is 332 g/mol. The molecule has 0 radical (unpaired) electrons. The lowest BCUT2D eigenvalue weighted by Gasteiger charge is -2.30.